The molecule has 0 aromatic carbocycles. The lowest BCUT2D eigenvalue weighted by Gasteiger charge is -2.62. The van der Waals surface area contributed by atoms with Gasteiger partial charge >= 0.3 is 0 Å². The summed E-state index contributed by atoms with van der Waals surface area (Å²) in [6, 6.07) is 0. The number of hydrogen-bond donors (Lipinski definition) is 4. The fourth-order valence-electron chi connectivity index (χ4n) is 6.88. The van der Waals surface area contributed by atoms with Crippen molar-refractivity contribution in [2.24, 2.45) is 28.4 Å². The number of hydrogen-bond acceptors (Lipinski definition) is 6. The molecule has 0 aromatic heterocycles. The van der Waals surface area contributed by atoms with Gasteiger partial charge in [0.2, 0.25) is 0 Å². The molecule has 0 heterocycles. The fraction of sp³-hybridized carbons (Fsp3) is 0.714. The van der Waals surface area contributed by atoms with Gasteiger partial charge in [-0.05, 0) is 50.7 Å². The summed E-state index contributed by atoms with van der Waals surface area (Å²) in [5, 5.41) is 32.9. The van der Waals surface area contributed by atoms with Gasteiger partial charge in [-0.3, -0.25) is 9.59 Å². The molecule has 0 amide bonds. The molecule has 28 heavy (non-hydrogen) atoms. The Labute approximate surface area is 163 Å². The summed E-state index contributed by atoms with van der Waals surface area (Å²) in [5.41, 5.74) is -0.350. The number of aliphatic hydroxyl groups excluding tert-OH is 2. The molecule has 0 unspecified atom stereocenters. The van der Waals surface area contributed by atoms with Crippen LogP contribution in [0.3, 0.4) is 0 Å². The number of aliphatic hydroxyl groups is 3. The number of Topliss-reactive ketones (excluding diaryl/α,β-unsaturated/α-hetero) is 1. The lowest BCUT2D eigenvalue weighted by molar-refractivity contribution is -0.221. The predicted molar refractivity (Wildman–Crippen MR) is 98.8 cm³/mol. The van der Waals surface area contributed by atoms with E-state index in [0.717, 1.165) is 0 Å². The number of fused-ring (bicyclic) bond motifs is 5. The molecule has 0 aliphatic heterocycles. The van der Waals surface area contributed by atoms with Gasteiger partial charge in [0, 0.05) is 16.7 Å². The summed E-state index contributed by atoms with van der Waals surface area (Å²) in [6.07, 6.45) is 2.27. The van der Waals surface area contributed by atoms with Crippen molar-refractivity contribution in [2.75, 3.05) is 6.54 Å². The van der Waals surface area contributed by atoms with Crippen LogP contribution in [0.5, 0.6) is 0 Å². The number of carbonyl (C=O) groups excluding carboxylic acids is 2. The van der Waals surface area contributed by atoms with Crippen molar-refractivity contribution >= 4 is 11.6 Å². The molecular weight excluding hydrogens is 365 g/mol. The molecule has 0 radical (unpaired) electrons. The second-order valence-corrected chi connectivity index (χ2v) is 9.41. The molecule has 6 nitrogen and oxygen atoms in total. The van der Waals surface area contributed by atoms with Crippen LogP contribution in [0, 0.1) is 22.7 Å². The topological polar surface area (TPSA) is 121 Å². The molecule has 3 fully saturated rings. The van der Waals surface area contributed by atoms with E-state index in [4.69, 9.17) is 5.73 Å². The molecule has 0 bridgehead atoms. The van der Waals surface area contributed by atoms with Crippen molar-refractivity contribution in [2.45, 2.75) is 63.0 Å². The van der Waals surface area contributed by atoms with Gasteiger partial charge < -0.3 is 21.1 Å². The van der Waals surface area contributed by atoms with Gasteiger partial charge in [-0.25, -0.2) is 4.39 Å². The third-order valence-electron chi connectivity index (χ3n) is 8.47. The van der Waals surface area contributed by atoms with Crippen LogP contribution in [0.1, 0.15) is 39.5 Å². The Morgan fingerprint density at radius 1 is 1.29 bits per heavy atom. The molecule has 8 atom stereocenters. The van der Waals surface area contributed by atoms with Gasteiger partial charge in [-0.15, -0.1) is 0 Å². The molecule has 3 saturated carbocycles. The number of ketones is 2. The van der Waals surface area contributed by atoms with Gasteiger partial charge in [0.15, 0.2) is 22.8 Å². The first-order chi connectivity index (χ1) is 13.0. The molecule has 0 spiro atoms. The maximum atomic E-state index is 16.8. The molecular formula is C21H28FNO5. The van der Waals surface area contributed by atoms with E-state index in [9.17, 15) is 24.9 Å². The van der Waals surface area contributed by atoms with E-state index in [1.807, 2.05) is 0 Å². The van der Waals surface area contributed by atoms with Crippen molar-refractivity contribution in [3.63, 3.8) is 0 Å². The van der Waals surface area contributed by atoms with Gasteiger partial charge in [0.05, 0.1) is 18.8 Å². The Morgan fingerprint density at radius 3 is 2.61 bits per heavy atom. The first kappa shape index (κ1) is 19.9. The molecule has 4 aliphatic carbocycles. The highest BCUT2D eigenvalue weighted by atomic mass is 19.1. The maximum Gasteiger partial charge on any atom is 0.181 e. The van der Waals surface area contributed by atoms with Crippen LogP contribution in [0.2, 0.25) is 0 Å². The van der Waals surface area contributed by atoms with Gasteiger partial charge in [0.25, 0.3) is 0 Å². The summed E-state index contributed by atoms with van der Waals surface area (Å²) in [6.45, 7) is 2.91. The monoisotopic (exact) mass is 393 g/mol. The normalized spacial score (nSPS) is 52.5. The zero-order valence-corrected chi connectivity index (χ0v) is 16.2. The summed E-state index contributed by atoms with van der Waals surface area (Å²) in [7, 11) is 0. The minimum absolute atomic E-state index is 0.0690. The van der Waals surface area contributed by atoms with E-state index < -0.39 is 58.5 Å². The van der Waals surface area contributed by atoms with Crippen LogP contribution in [0.4, 0.5) is 4.39 Å². The zero-order valence-electron chi connectivity index (χ0n) is 16.2. The second-order valence-electron chi connectivity index (χ2n) is 9.41. The predicted octanol–water partition coefficient (Wildman–Crippen LogP) is 0.587. The van der Waals surface area contributed by atoms with E-state index in [1.54, 1.807) is 19.9 Å². The van der Waals surface area contributed by atoms with Gasteiger partial charge in [-0.2, -0.15) is 0 Å². The van der Waals surface area contributed by atoms with Crippen molar-refractivity contribution < 1.29 is 29.3 Å². The average molecular weight is 393 g/mol. The lowest BCUT2D eigenvalue weighted by atomic mass is 9.44. The summed E-state index contributed by atoms with van der Waals surface area (Å²) in [5.74, 6) is -2.05. The molecule has 0 saturated heterocycles. The van der Waals surface area contributed by atoms with Crippen LogP contribution >= 0.6 is 0 Å². The van der Waals surface area contributed by atoms with Crippen LogP contribution in [-0.4, -0.2) is 56.9 Å². The third-order valence-corrected chi connectivity index (χ3v) is 8.47. The summed E-state index contributed by atoms with van der Waals surface area (Å²) < 4.78 is 16.8. The molecule has 0 aromatic rings. The van der Waals surface area contributed by atoms with E-state index >= 15 is 4.39 Å². The number of allylic oxidation sites excluding steroid dienone is 4. The van der Waals surface area contributed by atoms with E-state index in [2.05, 4.69) is 0 Å². The SMILES string of the molecule is C[C@]12C=CC(=O)C=C1CC[C@H]1[C@@H]3C[C@@H](O)[C@](O)(C(=O)CN)[C@@]3(C)C[C@H](O)[C@@]12F. The minimum Gasteiger partial charge on any atom is -0.390 e. The van der Waals surface area contributed by atoms with Gasteiger partial charge in [-0.1, -0.05) is 18.6 Å². The Hall–Kier alpha value is -1.41. The molecule has 5 N–H and O–H groups in total. The first-order valence-electron chi connectivity index (χ1n) is 9.92. The molecule has 4 aliphatic rings. The highest BCUT2D eigenvalue weighted by Crippen LogP contribution is 2.69. The van der Waals surface area contributed by atoms with Crippen molar-refractivity contribution in [1.29, 1.82) is 0 Å². The highest BCUT2D eigenvalue weighted by Gasteiger charge is 2.76. The summed E-state index contributed by atoms with van der Waals surface area (Å²) in [4.78, 5) is 24.3. The molecule has 7 heteroatoms. The van der Waals surface area contributed by atoms with Gasteiger partial charge in [0.1, 0.15) is 0 Å². The quantitative estimate of drug-likeness (QED) is 0.545. The fourth-order valence-corrected chi connectivity index (χ4v) is 6.88. The zero-order chi connectivity index (χ0) is 20.7. The number of carbonyl (C=O) groups is 2. The van der Waals surface area contributed by atoms with Crippen LogP contribution in [0.25, 0.3) is 0 Å². The lowest BCUT2D eigenvalue weighted by Crippen LogP contribution is -2.70. The number of alkyl halides is 1. The van der Waals surface area contributed by atoms with E-state index in [1.165, 1.54) is 12.2 Å². The Kier molecular flexibility index (Phi) is 4.13. The van der Waals surface area contributed by atoms with E-state index in [-0.39, 0.29) is 18.6 Å². The molecule has 154 valence electrons. The number of nitrogens with two attached hydrogens (primary N) is 1. The molecule has 4 rings (SSSR count). The van der Waals surface area contributed by atoms with Crippen LogP contribution in [0.15, 0.2) is 23.8 Å². The van der Waals surface area contributed by atoms with Crippen molar-refractivity contribution in [3.05, 3.63) is 23.8 Å². The van der Waals surface area contributed by atoms with Crippen LogP contribution < -0.4 is 5.73 Å². The summed E-state index contributed by atoms with van der Waals surface area (Å²) >= 11 is 0. The first-order valence-corrected chi connectivity index (χ1v) is 9.92. The Balaban J connectivity index is 1.84. The smallest absolute Gasteiger partial charge is 0.181 e. The number of rotatable bonds is 2. The average Bonchev–Trinajstić information content (AvgIpc) is 2.84. The standard InChI is InChI=1S/C21H28FNO5/c1-18-6-5-12(24)7-11(18)3-4-13-14-8-15(25)21(28,17(27)10-23)19(14,2)9-16(26)20(13,18)22/h5-7,13-16,25-26,28H,3-4,8-10,23H2,1-2H3/t13-,14-,15+,16-,18-,19-,20-,21-/m0/s1. The Morgan fingerprint density at radius 2 is 1.96 bits per heavy atom. The largest absolute Gasteiger partial charge is 0.390 e. The third kappa shape index (κ3) is 2.01. The van der Waals surface area contributed by atoms with Crippen molar-refractivity contribution in [1.82, 2.24) is 0 Å². The maximum absolute atomic E-state index is 16.8. The van der Waals surface area contributed by atoms with E-state index in [0.29, 0.717) is 18.4 Å². The Bertz CT molecular complexity index is 811. The number of halogens is 1. The minimum atomic E-state index is -2.11. The van der Waals surface area contributed by atoms with Crippen molar-refractivity contribution in [3.8, 4) is 0 Å². The second kappa shape index (κ2) is 5.81. The van der Waals surface area contributed by atoms with Crippen LogP contribution in [-0.2, 0) is 9.59 Å². The highest BCUT2D eigenvalue weighted by molar-refractivity contribution is 6.01.